The zero-order valence-corrected chi connectivity index (χ0v) is 11.6. The summed E-state index contributed by atoms with van der Waals surface area (Å²) in [6, 6.07) is 13.1. The second-order valence-electron chi connectivity index (χ2n) is 5.48. The summed E-state index contributed by atoms with van der Waals surface area (Å²) < 4.78 is 27.2. The third kappa shape index (κ3) is 2.76. The molecule has 0 bridgehead atoms. The highest BCUT2D eigenvalue weighted by Gasteiger charge is 2.36. The zero-order valence-electron chi connectivity index (χ0n) is 11.6. The fourth-order valence-corrected chi connectivity index (χ4v) is 2.90. The van der Waals surface area contributed by atoms with Gasteiger partial charge in [-0.2, -0.15) is 0 Å². The lowest BCUT2D eigenvalue weighted by Gasteiger charge is -2.39. The number of hydrogen-bond donors (Lipinski definition) is 1. The number of piperidine rings is 1. The Kier molecular flexibility index (Phi) is 3.64. The van der Waals surface area contributed by atoms with Crippen LogP contribution >= 0.6 is 0 Å². The fraction of sp³-hybridized carbons (Fsp3) is 0.294. The number of nitrogens with zero attached hydrogens (tertiary/aromatic N) is 1. The molecule has 21 heavy (non-hydrogen) atoms. The Morgan fingerprint density at radius 1 is 0.952 bits per heavy atom. The fourth-order valence-electron chi connectivity index (χ4n) is 2.90. The van der Waals surface area contributed by atoms with Crippen molar-refractivity contribution < 1.29 is 13.9 Å². The van der Waals surface area contributed by atoms with Crippen molar-refractivity contribution in [1.82, 2.24) is 0 Å². The Morgan fingerprint density at radius 3 is 2.29 bits per heavy atom. The SMILES string of the molecule is OC1(c2cc(F)ccc2F)CCN(c2ccccc2)CC1. The summed E-state index contributed by atoms with van der Waals surface area (Å²) in [5.74, 6) is -1.07. The summed E-state index contributed by atoms with van der Waals surface area (Å²) in [7, 11) is 0. The summed E-state index contributed by atoms with van der Waals surface area (Å²) in [5, 5.41) is 10.7. The molecule has 1 fully saturated rings. The van der Waals surface area contributed by atoms with Crippen molar-refractivity contribution in [3.63, 3.8) is 0 Å². The van der Waals surface area contributed by atoms with Crippen LogP contribution in [0.2, 0.25) is 0 Å². The Hall–Kier alpha value is -1.94. The average Bonchev–Trinajstić information content (AvgIpc) is 2.51. The molecule has 2 aromatic carbocycles. The van der Waals surface area contributed by atoms with Crippen LogP contribution in [-0.2, 0) is 5.60 Å². The van der Waals surface area contributed by atoms with Gasteiger partial charge in [0.2, 0.25) is 0 Å². The van der Waals surface area contributed by atoms with Crippen LogP contribution in [0.1, 0.15) is 18.4 Å². The van der Waals surface area contributed by atoms with E-state index in [0.717, 1.165) is 23.9 Å². The lowest BCUT2D eigenvalue weighted by atomic mass is 9.84. The van der Waals surface area contributed by atoms with Crippen LogP contribution in [0.25, 0.3) is 0 Å². The minimum absolute atomic E-state index is 0.0650. The smallest absolute Gasteiger partial charge is 0.129 e. The molecule has 1 N–H and O–H groups in total. The van der Waals surface area contributed by atoms with Gasteiger partial charge >= 0.3 is 0 Å². The van der Waals surface area contributed by atoms with Gasteiger partial charge in [-0.05, 0) is 43.2 Å². The summed E-state index contributed by atoms with van der Waals surface area (Å²) in [6.45, 7) is 1.22. The minimum Gasteiger partial charge on any atom is -0.385 e. The average molecular weight is 289 g/mol. The van der Waals surface area contributed by atoms with Crippen LogP contribution in [0, 0.1) is 11.6 Å². The highest BCUT2D eigenvalue weighted by Crippen LogP contribution is 2.36. The summed E-state index contributed by atoms with van der Waals surface area (Å²) >= 11 is 0. The Bertz CT molecular complexity index is 622. The normalized spacial score (nSPS) is 17.8. The molecule has 1 saturated heterocycles. The maximum atomic E-state index is 13.9. The maximum absolute atomic E-state index is 13.9. The van der Waals surface area contributed by atoms with Crippen LogP contribution in [-0.4, -0.2) is 18.2 Å². The topological polar surface area (TPSA) is 23.5 Å². The first-order valence-electron chi connectivity index (χ1n) is 7.06. The van der Waals surface area contributed by atoms with E-state index in [9.17, 15) is 13.9 Å². The zero-order chi connectivity index (χ0) is 14.9. The molecule has 2 nitrogen and oxygen atoms in total. The molecule has 2 aromatic rings. The van der Waals surface area contributed by atoms with Gasteiger partial charge in [0.1, 0.15) is 11.6 Å². The number of hydrogen-bond acceptors (Lipinski definition) is 2. The van der Waals surface area contributed by atoms with Gasteiger partial charge in [0.05, 0.1) is 5.60 Å². The van der Waals surface area contributed by atoms with E-state index in [1.54, 1.807) is 0 Å². The molecule has 0 aromatic heterocycles. The number of rotatable bonds is 2. The van der Waals surface area contributed by atoms with E-state index < -0.39 is 17.2 Å². The lowest BCUT2D eigenvalue weighted by molar-refractivity contribution is 0.00819. The van der Waals surface area contributed by atoms with E-state index in [4.69, 9.17) is 0 Å². The van der Waals surface area contributed by atoms with Crippen molar-refractivity contribution in [1.29, 1.82) is 0 Å². The van der Waals surface area contributed by atoms with Crippen LogP contribution in [0.15, 0.2) is 48.5 Å². The molecule has 0 unspecified atom stereocenters. The Morgan fingerprint density at radius 2 is 1.62 bits per heavy atom. The highest BCUT2D eigenvalue weighted by molar-refractivity contribution is 5.46. The molecule has 0 saturated carbocycles. The third-order valence-electron chi connectivity index (χ3n) is 4.14. The molecule has 1 aliphatic rings. The van der Waals surface area contributed by atoms with Crippen molar-refractivity contribution in [3.05, 3.63) is 65.7 Å². The Labute approximate surface area is 122 Å². The van der Waals surface area contributed by atoms with Gasteiger partial charge in [0.15, 0.2) is 0 Å². The molecule has 3 rings (SSSR count). The number of benzene rings is 2. The minimum atomic E-state index is -1.29. The number of para-hydroxylation sites is 1. The van der Waals surface area contributed by atoms with Crippen LogP contribution in [0.4, 0.5) is 14.5 Å². The first kappa shape index (κ1) is 14.0. The third-order valence-corrected chi connectivity index (χ3v) is 4.14. The van der Waals surface area contributed by atoms with E-state index in [2.05, 4.69) is 4.90 Å². The van der Waals surface area contributed by atoms with Gasteiger partial charge < -0.3 is 10.0 Å². The van der Waals surface area contributed by atoms with Gasteiger partial charge in [0, 0.05) is 24.3 Å². The van der Waals surface area contributed by atoms with E-state index in [-0.39, 0.29) is 5.56 Å². The molecule has 0 aliphatic carbocycles. The van der Waals surface area contributed by atoms with E-state index >= 15 is 0 Å². The highest BCUT2D eigenvalue weighted by atomic mass is 19.1. The molecule has 1 aliphatic heterocycles. The van der Waals surface area contributed by atoms with Crippen molar-refractivity contribution in [2.24, 2.45) is 0 Å². The van der Waals surface area contributed by atoms with E-state index in [0.29, 0.717) is 25.9 Å². The number of anilines is 1. The molecule has 110 valence electrons. The van der Waals surface area contributed by atoms with E-state index in [1.165, 1.54) is 0 Å². The summed E-state index contributed by atoms with van der Waals surface area (Å²) in [5.41, 5.74) is -0.147. The monoisotopic (exact) mass is 289 g/mol. The molecule has 1 heterocycles. The van der Waals surface area contributed by atoms with Crippen molar-refractivity contribution in [2.75, 3.05) is 18.0 Å². The van der Waals surface area contributed by atoms with Crippen molar-refractivity contribution in [2.45, 2.75) is 18.4 Å². The van der Waals surface area contributed by atoms with Crippen LogP contribution in [0.5, 0.6) is 0 Å². The lowest BCUT2D eigenvalue weighted by Crippen LogP contribution is -2.43. The molecule has 0 radical (unpaired) electrons. The number of halogens is 2. The molecule has 0 spiro atoms. The first-order chi connectivity index (χ1) is 10.1. The van der Waals surface area contributed by atoms with Crippen molar-refractivity contribution >= 4 is 5.69 Å². The largest absolute Gasteiger partial charge is 0.385 e. The van der Waals surface area contributed by atoms with Gasteiger partial charge in [-0.25, -0.2) is 8.78 Å². The molecule has 0 amide bonds. The standard InChI is InChI=1S/C17H17F2NO/c18-13-6-7-16(19)15(12-13)17(21)8-10-20(11-9-17)14-4-2-1-3-5-14/h1-7,12,21H,8-11H2. The number of aliphatic hydroxyl groups is 1. The van der Waals surface area contributed by atoms with Gasteiger partial charge in [0.25, 0.3) is 0 Å². The van der Waals surface area contributed by atoms with Gasteiger partial charge in [-0.3, -0.25) is 0 Å². The first-order valence-corrected chi connectivity index (χ1v) is 7.06. The van der Waals surface area contributed by atoms with E-state index in [1.807, 2.05) is 30.3 Å². The second-order valence-corrected chi connectivity index (χ2v) is 5.48. The predicted molar refractivity (Wildman–Crippen MR) is 78.1 cm³/mol. The van der Waals surface area contributed by atoms with Crippen molar-refractivity contribution in [3.8, 4) is 0 Å². The maximum Gasteiger partial charge on any atom is 0.129 e. The van der Waals surface area contributed by atoms with Gasteiger partial charge in [-0.1, -0.05) is 18.2 Å². The van der Waals surface area contributed by atoms with Crippen LogP contribution < -0.4 is 4.90 Å². The summed E-state index contributed by atoms with van der Waals surface area (Å²) in [6.07, 6.45) is 0.754. The van der Waals surface area contributed by atoms with Gasteiger partial charge in [-0.15, -0.1) is 0 Å². The molecule has 0 atom stereocenters. The summed E-state index contributed by atoms with van der Waals surface area (Å²) in [4.78, 5) is 2.14. The second kappa shape index (κ2) is 5.45. The quantitative estimate of drug-likeness (QED) is 0.915. The molecular weight excluding hydrogens is 272 g/mol. The Balaban J connectivity index is 1.79. The van der Waals surface area contributed by atoms with Crippen LogP contribution in [0.3, 0.4) is 0 Å². The molecule has 4 heteroatoms. The predicted octanol–water partition coefficient (Wildman–Crippen LogP) is 3.45. The molecular formula is C17H17F2NO.